The number of carboxylic acid groups (broad SMARTS) is 1. The van der Waals surface area contributed by atoms with E-state index in [0.29, 0.717) is 10.4 Å². The molecule has 2 heterocycles. The van der Waals surface area contributed by atoms with Crippen LogP contribution < -0.4 is 0 Å². The van der Waals surface area contributed by atoms with Crippen LogP contribution in [0.2, 0.25) is 0 Å². The van der Waals surface area contributed by atoms with Crippen molar-refractivity contribution >= 4 is 21.9 Å². The van der Waals surface area contributed by atoms with Crippen LogP contribution in [0.4, 0.5) is 0 Å². The summed E-state index contributed by atoms with van der Waals surface area (Å²) in [5.41, 5.74) is 1.54. The number of aromatic amines is 1. The van der Waals surface area contributed by atoms with Crippen LogP contribution in [-0.2, 0) is 11.2 Å². The van der Waals surface area contributed by atoms with Crippen molar-refractivity contribution in [3.05, 3.63) is 16.1 Å². The molecule has 1 aliphatic rings. The lowest BCUT2D eigenvalue weighted by Crippen LogP contribution is -2.36. The first kappa shape index (κ1) is 9.67. The second-order valence-corrected chi connectivity index (χ2v) is 4.11. The van der Waals surface area contributed by atoms with Crippen LogP contribution in [0.25, 0.3) is 0 Å². The number of carbonyl (C=O) groups is 1. The second kappa shape index (κ2) is 3.36. The summed E-state index contributed by atoms with van der Waals surface area (Å²) < 4.78 is 0.601. The van der Waals surface area contributed by atoms with Crippen LogP contribution in [-0.4, -0.2) is 39.5 Å². The maximum Gasteiger partial charge on any atom is 0.327 e. The van der Waals surface area contributed by atoms with Gasteiger partial charge in [-0.15, -0.1) is 0 Å². The second-order valence-electron chi connectivity index (χ2n) is 3.36. The molecular formula is C8H10BrN3O2. The molecule has 0 saturated carbocycles. The fourth-order valence-corrected chi connectivity index (χ4v) is 2.17. The first-order valence-corrected chi connectivity index (χ1v) is 5.06. The van der Waals surface area contributed by atoms with E-state index in [-0.39, 0.29) is 0 Å². The number of carboxylic acids is 1. The molecule has 1 atom stereocenters. The third-order valence-corrected chi connectivity index (χ3v) is 2.81. The van der Waals surface area contributed by atoms with Crippen molar-refractivity contribution < 1.29 is 9.90 Å². The van der Waals surface area contributed by atoms with E-state index < -0.39 is 12.0 Å². The number of hydrogen-bond acceptors (Lipinski definition) is 3. The molecule has 5 nitrogen and oxygen atoms in total. The third kappa shape index (κ3) is 1.44. The van der Waals surface area contributed by atoms with Gasteiger partial charge in [-0.05, 0) is 23.0 Å². The standard InChI is InChI=1S/C8H10BrN3O2/c1-12-3-2-4-5(6(12)7(13)14)11-8(9)10-4/h6H,2-3H2,1H3,(H,10,11)(H,13,14). The van der Waals surface area contributed by atoms with Crippen LogP contribution in [0.1, 0.15) is 17.4 Å². The molecule has 2 rings (SSSR count). The van der Waals surface area contributed by atoms with Crippen molar-refractivity contribution in [1.82, 2.24) is 14.9 Å². The number of aliphatic carboxylic acids is 1. The molecule has 0 spiro atoms. The van der Waals surface area contributed by atoms with E-state index in [1.165, 1.54) is 0 Å². The first-order valence-electron chi connectivity index (χ1n) is 4.27. The molecule has 0 aliphatic carbocycles. The number of rotatable bonds is 1. The number of fused-ring (bicyclic) bond motifs is 1. The monoisotopic (exact) mass is 259 g/mol. The van der Waals surface area contributed by atoms with Crippen molar-refractivity contribution in [1.29, 1.82) is 0 Å². The van der Waals surface area contributed by atoms with Crippen molar-refractivity contribution in [2.75, 3.05) is 13.6 Å². The lowest BCUT2D eigenvalue weighted by Gasteiger charge is -2.28. The summed E-state index contributed by atoms with van der Waals surface area (Å²) in [5, 5.41) is 9.05. The van der Waals surface area contributed by atoms with Gasteiger partial charge in [-0.3, -0.25) is 9.69 Å². The van der Waals surface area contributed by atoms with E-state index in [1.807, 2.05) is 0 Å². The zero-order valence-corrected chi connectivity index (χ0v) is 9.21. The smallest absolute Gasteiger partial charge is 0.327 e. The number of aromatic nitrogens is 2. The number of hydrogen-bond donors (Lipinski definition) is 2. The highest BCUT2D eigenvalue weighted by atomic mass is 79.9. The Labute approximate surface area is 89.3 Å². The predicted molar refractivity (Wildman–Crippen MR) is 53.0 cm³/mol. The van der Waals surface area contributed by atoms with Gasteiger partial charge in [-0.25, -0.2) is 4.98 Å². The number of nitrogens with one attached hydrogen (secondary N) is 1. The Morgan fingerprint density at radius 2 is 2.50 bits per heavy atom. The van der Waals surface area contributed by atoms with E-state index in [2.05, 4.69) is 25.9 Å². The quantitative estimate of drug-likeness (QED) is 0.783. The summed E-state index contributed by atoms with van der Waals surface area (Å²) in [7, 11) is 1.80. The Morgan fingerprint density at radius 3 is 3.14 bits per heavy atom. The molecule has 0 bridgehead atoms. The summed E-state index contributed by atoms with van der Waals surface area (Å²) in [6.07, 6.45) is 0.814. The summed E-state index contributed by atoms with van der Waals surface area (Å²) in [5.74, 6) is -0.854. The molecule has 0 radical (unpaired) electrons. The van der Waals surface area contributed by atoms with E-state index in [0.717, 1.165) is 18.7 Å². The largest absolute Gasteiger partial charge is 0.480 e. The minimum Gasteiger partial charge on any atom is -0.480 e. The van der Waals surface area contributed by atoms with Gasteiger partial charge in [0.25, 0.3) is 0 Å². The lowest BCUT2D eigenvalue weighted by molar-refractivity contribution is -0.143. The Morgan fingerprint density at radius 1 is 1.79 bits per heavy atom. The van der Waals surface area contributed by atoms with Crippen molar-refractivity contribution in [3.8, 4) is 0 Å². The molecule has 1 aliphatic heterocycles. The highest BCUT2D eigenvalue weighted by Crippen LogP contribution is 2.27. The molecule has 76 valence electrons. The van der Waals surface area contributed by atoms with Gasteiger partial charge >= 0.3 is 5.97 Å². The Bertz CT molecular complexity index is 377. The first-order chi connectivity index (χ1) is 6.59. The molecular weight excluding hydrogens is 250 g/mol. The minimum atomic E-state index is -0.854. The summed E-state index contributed by atoms with van der Waals surface area (Å²) in [6.45, 7) is 0.735. The van der Waals surface area contributed by atoms with E-state index in [1.54, 1.807) is 11.9 Å². The maximum absolute atomic E-state index is 11.0. The normalized spacial score (nSPS) is 22.0. The van der Waals surface area contributed by atoms with E-state index in [9.17, 15) is 4.79 Å². The molecule has 0 aromatic carbocycles. The van der Waals surface area contributed by atoms with Gasteiger partial charge in [0.05, 0.1) is 5.69 Å². The molecule has 1 unspecified atom stereocenters. The highest BCUT2D eigenvalue weighted by Gasteiger charge is 2.33. The van der Waals surface area contributed by atoms with Crippen LogP contribution in [0.3, 0.4) is 0 Å². The SMILES string of the molecule is CN1CCc2[nH]c(Br)nc2C1C(=O)O. The van der Waals surface area contributed by atoms with E-state index >= 15 is 0 Å². The van der Waals surface area contributed by atoms with Crippen molar-refractivity contribution in [2.24, 2.45) is 0 Å². The predicted octanol–water partition coefficient (Wildman–Crippen LogP) is 0.786. The Kier molecular flexibility index (Phi) is 2.32. The van der Waals surface area contributed by atoms with Crippen molar-refractivity contribution in [2.45, 2.75) is 12.5 Å². The number of nitrogens with zero attached hydrogens (tertiary/aromatic N) is 2. The zero-order chi connectivity index (χ0) is 10.3. The molecule has 6 heteroatoms. The number of likely N-dealkylation sites (N-methyl/N-ethyl adjacent to an activating group) is 1. The van der Waals surface area contributed by atoms with Crippen LogP contribution in [0.5, 0.6) is 0 Å². The van der Waals surface area contributed by atoms with Gasteiger partial charge in [-0.1, -0.05) is 0 Å². The molecule has 0 amide bonds. The van der Waals surface area contributed by atoms with Gasteiger partial charge < -0.3 is 10.1 Å². The number of imidazole rings is 1. The Balaban J connectivity index is 2.45. The lowest BCUT2D eigenvalue weighted by atomic mass is 10.0. The maximum atomic E-state index is 11.0. The van der Waals surface area contributed by atoms with Gasteiger partial charge in [0.2, 0.25) is 0 Å². The summed E-state index contributed by atoms with van der Waals surface area (Å²) in [4.78, 5) is 20.0. The van der Waals surface area contributed by atoms with Gasteiger partial charge in [0, 0.05) is 18.7 Å². The molecule has 14 heavy (non-hydrogen) atoms. The fourth-order valence-electron chi connectivity index (χ4n) is 1.74. The molecule has 2 N–H and O–H groups in total. The number of halogens is 1. The number of H-pyrrole nitrogens is 1. The Hall–Kier alpha value is -0.880. The van der Waals surface area contributed by atoms with Crippen molar-refractivity contribution in [3.63, 3.8) is 0 Å². The fraction of sp³-hybridized carbons (Fsp3) is 0.500. The topological polar surface area (TPSA) is 69.2 Å². The average molecular weight is 260 g/mol. The zero-order valence-electron chi connectivity index (χ0n) is 7.62. The summed E-state index contributed by atoms with van der Waals surface area (Å²) >= 11 is 3.21. The van der Waals surface area contributed by atoms with Gasteiger partial charge in [-0.2, -0.15) is 0 Å². The van der Waals surface area contributed by atoms with Crippen LogP contribution in [0.15, 0.2) is 4.73 Å². The summed E-state index contributed by atoms with van der Waals surface area (Å²) in [6, 6.07) is -0.624. The third-order valence-electron chi connectivity index (χ3n) is 2.43. The van der Waals surface area contributed by atoms with E-state index in [4.69, 9.17) is 5.11 Å². The minimum absolute atomic E-state index is 0.601. The average Bonchev–Trinajstić information content (AvgIpc) is 2.43. The van der Waals surface area contributed by atoms with Crippen LogP contribution in [0, 0.1) is 0 Å². The molecule has 1 aromatic heterocycles. The molecule has 0 saturated heterocycles. The van der Waals surface area contributed by atoms with Crippen LogP contribution >= 0.6 is 15.9 Å². The van der Waals surface area contributed by atoms with Gasteiger partial charge in [0.15, 0.2) is 10.8 Å². The molecule has 0 fully saturated rings. The highest BCUT2D eigenvalue weighted by molar-refractivity contribution is 9.10. The molecule has 1 aromatic rings. The van der Waals surface area contributed by atoms with Gasteiger partial charge in [0.1, 0.15) is 0 Å².